The van der Waals surface area contributed by atoms with Gasteiger partial charge < -0.3 is 10.2 Å². The van der Waals surface area contributed by atoms with Crippen molar-refractivity contribution in [3.63, 3.8) is 0 Å². The summed E-state index contributed by atoms with van der Waals surface area (Å²) in [5.74, 6) is 0.743. The fourth-order valence-electron chi connectivity index (χ4n) is 4.35. The van der Waals surface area contributed by atoms with Gasteiger partial charge in [-0.15, -0.1) is 0 Å². The molecule has 25 heavy (non-hydrogen) atoms. The first kappa shape index (κ1) is 16.9. The van der Waals surface area contributed by atoms with Crippen molar-refractivity contribution < 1.29 is 0 Å². The maximum Gasteiger partial charge on any atom is 0.0709 e. The molecule has 1 aromatic heterocycles. The smallest absolute Gasteiger partial charge is 0.0709 e. The lowest BCUT2D eigenvalue weighted by atomic mass is 9.93. The molecule has 1 aromatic carbocycles. The molecular weight excluding hydrogens is 308 g/mol. The molecule has 1 aliphatic heterocycles. The topological polar surface area (TPSA) is 33.1 Å². The van der Waals surface area contributed by atoms with Crippen molar-refractivity contribution in [2.75, 3.05) is 24.5 Å². The van der Waals surface area contributed by atoms with Crippen LogP contribution in [0.15, 0.2) is 18.2 Å². The Kier molecular flexibility index (Phi) is 4.72. The molecule has 1 aliphatic carbocycles. The molecule has 1 saturated carbocycles. The van der Waals surface area contributed by atoms with Crippen LogP contribution in [-0.4, -0.2) is 35.5 Å². The van der Waals surface area contributed by atoms with Gasteiger partial charge in [0, 0.05) is 36.7 Å². The maximum absolute atomic E-state index is 4.96. The lowest BCUT2D eigenvalue weighted by Gasteiger charge is -2.36. The van der Waals surface area contributed by atoms with Gasteiger partial charge in [-0.2, -0.15) is 5.10 Å². The predicted molar refractivity (Wildman–Crippen MR) is 105 cm³/mol. The Hall–Kier alpha value is -1.55. The number of hydrogen-bond donors (Lipinski definition) is 1. The van der Waals surface area contributed by atoms with E-state index in [-0.39, 0.29) is 0 Å². The fourth-order valence-corrected chi connectivity index (χ4v) is 4.35. The fraction of sp³-hybridized carbons (Fsp3) is 0.667. The van der Waals surface area contributed by atoms with E-state index in [4.69, 9.17) is 5.10 Å². The lowest BCUT2D eigenvalue weighted by molar-refractivity contribution is 0.296. The van der Waals surface area contributed by atoms with Gasteiger partial charge in [-0.05, 0) is 56.2 Å². The molecule has 0 amide bonds. The van der Waals surface area contributed by atoms with E-state index in [1.807, 2.05) is 0 Å². The third-order valence-corrected chi connectivity index (χ3v) is 5.90. The molecule has 2 aliphatic rings. The summed E-state index contributed by atoms with van der Waals surface area (Å²) in [5, 5.41) is 10.00. The normalized spacial score (nSPS) is 21.9. The van der Waals surface area contributed by atoms with Gasteiger partial charge in [0.15, 0.2) is 0 Å². The predicted octanol–water partition coefficient (Wildman–Crippen LogP) is 4.15. The largest absolute Gasteiger partial charge is 0.369 e. The molecule has 136 valence electrons. The summed E-state index contributed by atoms with van der Waals surface area (Å²) < 4.78 is 2.33. The zero-order valence-corrected chi connectivity index (χ0v) is 16.0. The number of hydrogen-bond acceptors (Lipinski definition) is 3. The minimum Gasteiger partial charge on any atom is -0.369 e. The van der Waals surface area contributed by atoms with Crippen LogP contribution < -0.4 is 10.2 Å². The maximum atomic E-state index is 4.96. The molecule has 2 heterocycles. The average molecular weight is 341 g/mol. The number of benzene rings is 1. The highest BCUT2D eigenvalue weighted by Crippen LogP contribution is 2.36. The summed E-state index contributed by atoms with van der Waals surface area (Å²) in [6.45, 7) is 10.1. The molecule has 1 unspecified atom stereocenters. The van der Waals surface area contributed by atoms with Crippen LogP contribution in [0.25, 0.3) is 10.9 Å². The van der Waals surface area contributed by atoms with Gasteiger partial charge in [-0.3, -0.25) is 4.68 Å². The minimum atomic E-state index is 0.604. The van der Waals surface area contributed by atoms with Crippen LogP contribution in [-0.2, 0) is 6.42 Å². The zero-order chi connectivity index (χ0) is 17.4. The van der Waals surface area contributed by atoms with E-state index < -0.39 is 0 Å². The molecule has 0 spiro atoms. The molecule has 1 atom stereocenters. The monoisotopic (exact) mass is 340 g/mol. The van der Waals surface area contributed by atoms with E-state index in [0.29, 0.717) is 12.1 Å². The van der Waals surface area contributed by atoms with Gasteiger partial charge in [-0.25, -0.2) is 0 Å². The Labute approximate surface area is 151 Å². The van der Waals surface area contributed by atoms with E-state index in [0.717, 1.165) is 32.0 Å². The molecule has 2 fully saturated rings. The van der Waals surface area contributed by atoms with Crippen molar-refractivity contribution in [1.29, 1.82) is 0 Å². The molecule has 0 radical (unpaired) electrons. The number of fused-ring (bicyclic) bond motifs is 1. The Morgan fingerprint density at radius 2 is 2.12 bits per heavy atom. The molecular formula is C21H32N4. The highest BCUT2D eigenvalue weighted by molar-refractivity contribution is 5.85. The van der Waals surface area contributed by atoms with E-state index in [2.05, 4.69) is 53.9 Å². The first-order chi connectivity index (χ1) is 12.2. The van der Waals surface area contributed by atoms with Crippen LogP contribution in [0.3, 0.4) is 0 Å². The second-order valence-corrected chi connectivity index (χ2v) is 8.26. The molecule has 0 bridgehead atoms. The summed E-state index contributed by atoms with van der Waals surface area (Å²) in [5.41, 5.74) is 3.97. The summed E-state index contributed by atoms with van der Waals surface area (Å²) in [6, 6.07) is 8.25. The van der Waals surface area contributed by atoms with Gasteiger partial charge in [0.2, 0.25) is 0 Å². The Morgan fingerprint density at radius 3 is 2.80 bits per heavy atom. The summed E-state index contributed by atoms with van der Waals surface area (Å²) in [6.07, 6.45) is 6.18. The van der Waals surface area contributed by atoms with Crippen LogP contribution in [0.2, 0.25) is 0 Å². The Balaban J connectivity index is 1.63. The van der Waals surface area contributed by atoms with E-state index in [9.17, 15) is 0 Å². The standard InChI is InChI=1S/C21H32N4/c1-4-20-19-9-8-18(13-21(19)25(23-20)17-6-5-7-17)24-11-10-22-16(14-24)12-15(2)3/h8-9,13,15-17,22H,4-7,10-12,14H2,1-3H3. The van der Waals surface area contributed by atoms with Gasteiger partial charge >= 0.3 is 0 Å². The molecule has 1 saturated heterocycles. The summed E-state index contributed by atoms with van der Waals surface area (Å²) in [4.78, 5) is 2.56. The molecule has 1 N–H and O–H groups in total. The number of nitrogens with one attached hydrogen (secondary N) is 1. The number of aromatic nitrogens is 2. The number of rotatable bonds is 5. The number of nitrogens with zero attached hydrogens (tertiary/aromatic N) is 3. The summed E-state index contributed by atoms with van der Waals surface area (Å²) >= 11 is 0. The SMILES string of the molecule is CCc1nn(C2CCC2)c2cc(N3CCNC(CC(C)C)C3)ccc12. The number of aryl methyl sites for hydroxylation is 1. The third-order valence-electron chi connectivity index (χ3n) is 5.90. The Bertz CT molecular complexity index is 729. The van der Waals surface area contributed by atoms with Crippen LogP contribution in [0.1, 0.15) is 58.2 Å². The second kappa shape index (κ2) is 6.99. The van der Waals surface area contributed by atoms with Crippen molar-refractivity contribution in [2.24, 2.45) is 5.92 Å². The second-order valence-electron chi connectivity index (χ2n) is 8.26. The molecule has 2 aromatic rings. The molecule has 4 heteroatoms. The van der Waals surface area contributed by atoms with Crippen LogP contribution in [0.5, 0.6) is 0 Å². The van der Waals surface area contributed by atoms with Crippen LogP contribution >= 0.6 is 0 Å². The van der Waals surface area contributed by atoms with Crippen molar-refractivity contribution in [1.82, 2.24) is 15.1 Å². The van der Waals surface area contributed by atoms with Crippen LogP contribution in [0.4, 0.5) is 5.69 Å². The van der Waals surface area contributed by atoms with Crippen LogP contribution in [0, 0.1) is 5.92 Å². The van der Waals surface area contributed by atoms with E-state index in [1.165, 1.54) is 48.0 Å². The third kappa shape index (κ3) is 3.29. The highest BCUT2D eigenvalue weighted by Gasteiger charge is 2.25. The van der Waals surface area contributed by atoms with Gasteiger partial charge in [0.25, 0.3) is 0 Å². The number of anilines is 1. The Morgan fingerprint density at radius 1 is 1.28 bits per heavy atom. The average Bonchev–Trinajstić information content (AvgIpc) is 2.91. The van der Waals surface area contributed by atoms with Gasteiger partial charge in [-0.1, -0.05) is 20.8 Å². The lowest BCUT2D eigenvalue weighted by Crippen LogP contribution is -2.51. The van der Waals surface area contributed by atoms with Gasteiger partial charge in [0.1, 0.15) is 0 Å². The molecule has 4 rings (SSSR count). The zero-order valence-electron chi connectivity index (χ0n) is 16.0. The van der Waals surface area contributed by atoms with Crippen molar-refractivity contribution in [3.05, 3.63) is 23.9 Å². The molecule has 4 nitrogen and oxygen atoms in total. The van der Waals surface area contributed by atoms with Gasteiger partial charge in [0.05, 0.1) is 17.3 Å². The van der Waals surface area contributed by atoms with E-state index >= 15 is 0 Å². The number of piperazine rings is 1. The minimum absolute atomic E-state index is 0.604. The van der Waals surface area contributed by atoms with Crippen molar-refractivity contribution >= 4 is 16.6 Å². The first-order valence-electron chi connectivity index (χ1n) is 10.1. The summed E-state index contributed by atoms with van der Waals surface area (Å²) in [7, 11) is 0. The highest BCUT2D eigenvalue weighted by atomic mass is 15.3. The van der Waals surface area contributed by atoms with Crippen molar-refractivity contribution in [3.8, 4) is 0 Å². The van der Waals surface area contributed by atoms with E-state index in [1.54, 1.807) is 0 Å². The first-order valence-corrected chi connectivity index (χ1v) is 10.1. The quantitative estimate of drug-likeness (QED) is 0.888. The van der Waals surface area contributed by atoms with Crippen molar-refractivity contribution in [2.45, 2.75) is 65.0 Å².